The van der Waals surface area contributed by atoms with Gasteiger partial charge in [0.2, 0.25) is 0 Å². The van der Waals surface area contributed by atoms with Crippen LogP contribution in [-0.2, 0) is 9.53 Å². The summed E-state index contributed by atoms with van der Waals surface area (Å²) < 4.78 is 5.01. The second kappa shape index (κ2) is 8.79. The number of amides is 1. The molecule has 3 rings (SSSR count). The number of nitro groups is 1. The lowest BCUT2D eigenvalue weighted by molar-refractivity contribution is -0.385. The van der Waals surface area contributed by atoms with Crippen molar-refractivity contribution < 1.29 is 19.2 Å². The van der Waals surface area contributed by atoms with Gasteiger partial charge in [-0.3, -0.25) is 14.9 Å². The van der Waals surface area contributed by atoms with Gasteiger partial charge in [-0.15, -0.1) is 0 Å². The van der Waals surface area contributed by atoms with Gasteiger partial charge in [0.25, 0.3) is 11.6 Å². The highest BCUT2D eigenvalue weighted by Crippen LogP contribution is 2.27. The number of hydrogen-bond donors (Lipinski definition) is 1. The number of anilines is 1. The van der Waals surface area contributed by atoms with Crippen LogP contribution >= 0.6 is 0 Å². The van der Waals surface area contributed by atoms with Crippen molar-refractivity contribution in [2.45, 2.75) is 6.92 Å². The summed E-state index contributed by atoms with van der Waals surface area (Å²) in [5, 5.41) is 13.7. The number of rotatable bonds is 6. The van der Waals surface area contributed by atoms with Gasteiger partial charge in [0, 0.05) is 22.9 Å². The molecular weight excluding hydrogens is 372 g/mol. The molecule has 0 aliphatic carbocycles. The van der Waals surface area contributed by atoms with E-state index in [0.29, 0.717) is 11.3 Å². The summed E-state index contributed by atoms with van der Waals surface area (Å²) in [5.74, 6) is -1.32. The standard InChI is InChI=1S/C22H18N2O5/c1-15-11-12-17(13-20(15)24(27)28)22(26)29-14-21(25)23-19-10-6-5-9-18(19)16-7-3-2-4-8-16/h2-13H,14H2,1H3,(H,23,25). The van der Waals surface area contributed by atoms with Crippen LogP contribution in [0, 0.1) is 17.0 Å². The van der Waals surface area contributed by atoms with Gasteiger partial charge >= 0.3 is 5.97 Å². The first-order chi connectivity index (χ1) is 14.0. The van der Waals surface area contributed by atoms with Crippen LogP contribution in [0.1, 0.15) is 15.9 Å². The molecule has 7 heteroatoms. The van der Waals surface area contributed by atoms with Crippen LogP contribution in [0.5, 0.6) is 0 Å². The molecule has 0 heterocycles. The van der Waals surface area contributed by atoms with Gasteiger partial charge in [-0.25, -0.2) is 4.79 Å². The Labute approximate surface area is 167 Å². The third kappa shape index (κ3) is 4.84. The van der Waals surface area contributed by atoms with E-state index >= 15 is 0 Å². The molecule has 0 bridgehead atoms. The van der Waals surface area contributed by atoms with Crippen molar-refractivity contribution in [2.75, 3.05) is 11.9 Å². The summed E-state index contributed by atoms with van der Waals surface area (Å²) in [6, 6.07) is 20.9. The van der Waals surface area contributed by atoms with Crippen molar-refractivity contribution in [2.24, 2.45) is 0 Å². The fraction of sp³-hybridized carbons (Fsp3) is 0.0909. The highest BCUT2D eigenvalue weighted by atomic mass is 16.6. The number of esters is 1. The van der Waals surface area contributed by atoms with Crippen LogP contribution in [0.25, 0.3) is 11.1 Å². The van der Waals surface area contributed by atoms with E-state index in [1.54, 1.807) is 19.1 Å². The summed E-state index contributed by atoms with van der Waals surface area (Å²) in [5.41, 5.74) is 2.63. The first kappa shape index (κ1) is 19.8. The summed E-state index contributed by atoms with van der Waals surface area (Å²) in [7, 11) is 0. The lowest BCUT2D eigenvalue weighted by atomic mass is 10.0. The quantitative estimate of drug-likeness (QED) is 0.383. The third-order valence-electron chi connectivity index (χ3n) is 4.26. The molecule has 0 aliphatic heterocycles. The van der Waals surface area contributed by atoms with Crippen LogP contribution in [-0.4, -0.2) is 23.4 Å². The van der Waals surface area contributed by atoms with Crippen LogP contribution in [0.2, 0.25) is 0 Å². The number of nitro benzene ring substituents is 1. The molecule has 3 aromatic carbocycles. The van der Waals surface area contributed by atoms with Crippen LogP contribution in [0.3, 0.4) is 0 Å². The molecule has 0 spiro atoms. The number of nitrogens with one attached hydrogen (secondary N) is 1. The predicted octanol–water partition coefficient (Wildman–Crippen LogP) is 4.37. The molecule has 1 amide bonds. The fourth-order valence-electron chi connectivity index (χ4n) is 2.80. The summed E-state index contributed by atoms with van der Waals surface area (Å²) >= 11 is 0. The second-order valence-corrected chi connectivity index (χ2v) is 6.29. The van der Waals surface area contributed by atoms with Crippen molar-refractivity contribution in [3.05, 3.63) is 94.0 Å². The van der Waals surface area contributed by atoms with E-state index in [9.17, 15) is 19.7 Å². The third-order valence-corrected chi connectivity index (χ3v) is 4.26. The molecule has 0 saturated carbocycles. The minimum Gasteiger partial charge on any atom is -0.452 e. The van der Waals surface area contributed by atoms with E-state index in [1.807, 2.05) is 42.5 Å². The Morgan fingerprint density at radius 1 is 1.00 bits per heavy atom. The molecule has 0 aliphatic rings. The van der Waals surface area contributed by atoms with Crippen molar-refractivity contribution >= 4 is 23.3 Å². The number of para-hydroxylation sites is 1. The zero-order valence-corrected chi connectivity index (χ0v) is 15.6. The van der Waals surface area contributed by atoms with Gasteiger partial charge in [0.1, 0.15) is 0 Å². The zero-order valence-electron chi connectivity index (χ0n) is 15.6. The fourth-order valence-corrected chi connectivity index (χ4v) is 2.80. The number of aryl methyl sites for hydroxylation is 1. The number of carbonyl (C=O) groups excluding carboxylic acids is 2. The SMILES string of the molecule is Cc1ccc(C(=O)OCC(=O)Nc2ccccc2-c2ccccc2)cc1[N+](=O)[O-]. The van der Waals surface area contributed by atoms with Gasteiger partial charge in [-0.1, -0.05) is 54.6 Å². The van der Waals surface area contributed by atoms with E-state index in [0.717, 1.165) is 17.2 Å². The van der Waals surface area contributed by atoms with Gasteiger partial charge in [0.15, 0.2) is 6.61 Å². The van der Waals surface area contributed by atoms with E-state index in [2.05, 4.69) is 5.32 Å². The maximum absolute atomic E-state index is 12.3. The lowest BCUT2D eigenvalue weighted by Crippen LogP contribution is -2.21. The largest absolute Gasteiger partial charge is 0.452 e. The van der Waals surface area contributed by atoms with Gasteiger partial charge < -0.3 is 10.1 Å². The second-order valence-electron chi connectivity index (χ2n) is 6.29. The lowest BCUT2D eigenvalue weighted by Gasteiger charge is -2.11. The maximum atomic E-state index is 12.3. The average Bonchev–Trinajstić information content (AvgIpc) is 2.73. The molecule has 0 radical (unpaired) electrons. The highest BCUT2D eigenvalue weighted by Gasteiger charge is 2.17. The van der Waals surface area contributed by atoms with Crippen LogP contribution < -0.4 is 5.32 Å². The summed E-state index contributed by atoms with van der Waals surface area (Å²) in [6.45, 7) is 1.06. The molecule has 1 N–H and O–H groups in total. The number of ether oxygens (including phenoxy) is 1. The molecule has 3 aromatic rings. The average molecular weight is 390 g/mol. The molecule has 7 nitrogen and oxygen atoms in total. The highest BCUT2D eigenvalue weighted by molar-refractivity contribution is 5.98. The summed E-state index contributed by atoms with van der Waals surface area (Å²) in [4.78, 5) is 34.8. The topological polar surface area (TPSA) is 98.5 Å². The van der Waals surface area contributed by atoms with Gasteiger partial charge in [0.05, 0.1) is 10.5 Å². The van der Waals surface area contributed by atoms with E-state index in [-0.39, 0.29) is 11.3 Å². The Morgan fingerprint density at radius 3 is 2.41 bits per heavy atom. The van der Waals surface area contributed by atoms with E-state index in [4.69, 9.17) is 4.74 Å². The van der Waals surface area contributed by atoms with Crippen molar-refractivity contribution in [3.8, 4) is 11.1 Å². The van der Waals surface area contributed by atoms with Crippen molar-refractivity contribution in [1.29, 1.82) is 0 Å². The smallest absolute Gasteiger partial charge is 0.338 e. The predicted molar refractivity (Wildman–Crippen MR) is 109 cm³/mol. The minimum absolute atomic E-state index is 0.0137. The maximum Gasteiger partial charge on any atom is 0.338 e. The normalized spacial score (nSPS) is 10.2. The number of nitrogens with zero attached hydrogens (tertiary/aromatic N) is 1. The molecule has 0 aromatic heterocycles. The molecule has 146 valence electrons. The zero-order chi connectivity index (χ0) is 20.8. The Balaban J connectivity index is 1.66. The first-order valence-electron chi connectivity index (χ1n) is 8.82. The summed E-state index contributed by atoms with van der Waals surface area (Å²) in [6.07, 6.45) is 0. The minimum atomic E-state index is -0.806. The monoisotopic (exact) mass is 390 g/mol. The molecule has 0 unspecified atom stereocenters. The molecule has 29 heavy (non-hydrogen) atoms. The number of benzene rings is 3. The van der Waals surface area contributed by atoms with Crippen LogP contribution in [0.4, 0.5) is 11.4 Å². The molecule has 0 atom stereocenters. The molecular formula is C22H18N2O5. The van der Waals surface area contributed by atoms with Gasteiger partial charge in [-0.2, -0.15) is 0 Å². The van der Waals surface area contributed by atoms with E-state index in [1.165, 1.54) is 12.1 Å². The Bertz CT molecular complexity index is 1060. The first-order valence-corrected chi connectivity index (χ1v) is 8.82. The van der Waals surface area contributed by atoms with Gasteiger partial charge in [-0.05, 0) is 24.6 Å². The number of hydrogen-bond acceptors (Lipinski definition) is 5. The Morgan fingerprint density at radius 2 is 1.69 bits per heavy atom. The van der Waals surface area contributed by atoms with Crippen LogP contribution in [0.15, 0.2) is 72.8 Å². The van der Waals surface area contributed by atoms with E-state index < -0.39 is 23.4 Å². The van der Waals surface area contributed by atoms with Crippen molar-refractivity contribution in [3.63, 3.8) is 0 Å². The Hall–Kier alpha value is -4.00. The Kier molecular flexibility index (Phi) is 5.99. The molecule has 0 fully saturated rings. The number of carbonyl (C=O) groups is 2. The molecule has 0 saturated heterocycles. The van der Waals surface area contributed by atoms with Crippen molar-refractivity contribution in [1.82, 2.24) is 0 Å².